The second-order valence-electron chi connectivity index (χ2n) is 4.31. The lowest BCUT2D eigenvalue weighted by Gasteiger charge is -2.27. The van der Waals surface area contributed by atoms with Crippen molar-refractivity contribution in [2.24, 2.45) is 0 Å². The summed E-state index contributed by atoms with van der Waals surface area (Å²) in [5, 5.41) is 4.40. The molecule has 1 heterocycles. The van der Waals surface area contributed by atoms with Crippen LogP contribution in [0, 0.1) is 0 Å². The Bertz CT molecular complexity index is 376. The minimum absolute atomic E-state index is 0.457. The van der Waals surface area contributed by atoms with Crippen LogP contribution in [0.5, 0.6) is 5.75 Å². The first-order valence-electron chi connectivity index (χ1n) is 5.51. The van der Waals surface area contributed by atoms with Crippen molar-refractivity contribution in [2.75, 3.05) is 6.61 Å². The van der Waals surface area contributed by atoms with Crippen LogP contribution in [-0.2, 0) is 0 Å². The Morgan fingerprint density at radius 1 is 1.27 bits per heavy atom. The molecule has 80 valence electrons. The average molecular weight is 224 g/mol. The topological polar surface area (TPSA) is 21.3 Å². The van der Waals surface area contributed by atoms with Gasteiger partial charge < -0.3 is 10.1 Å². The average Bonchev–Trinajstić information content (AvgIpc) is 3.01. The van der Waals surface area contributed by atoms with E-state index in [1.807, 2.05) is 12.1 Å². The number of hydrogen-bond donors (Lipinski definition) is 1. The van der Waals surface area contributed by atoms with Crippen molar-refractivity contribution in [1.29, 1.82) is 0 Å². The maximum atomic E-state index is 5.94. The van der Waals surface area contributed by atoms with E-state index in [9.17, 15) is 0 Å². The Morgan fingerprint density at radius 2 is 2.13 bits per heavy atom. The first-order chi connectivity index (χ1) is 7.33. The molecule has 3 rings (SSSR count). The molecule has 1 aromatic carbocycles. The molecule has 1 aromatic rings. The second kappa shape index (κ2) is 3.69. The predicted octanol–water partition coefficient (Wildman–Crippen LogP) is 2.92. The molecule has 1 saturated carbocycles. The number of fused-ring (bicyclic) bond motifs is 1. The molecule has 15 heavy (non-hydrogen) atoms. The van der Waals surface area contributed by atoms with Crippen LogP contribution in [-0.4, -0.2) is 12.6 Å². The van der Waals surface area contributed by atoms with Gasteiger partial charge in [-0.25, -0.2) is 0 Å². The van der Waals surface area contributed by atoms with Crippen LogP contribution in [0.2, 0.25) is 5.02 Å². The molecule has 1 unspecified atom stereocenters. The fourth-order valence-electron chi connectivity index (χ4n) is 2.07. The van der Waals surface area contributed by atoms with E-state index in [1.165, 1.54) is 18.4 Å². The molecular weight excluding hydrogens is 210 g/mol. The highest BCUT2D eigenvalue weighted by atomic mass is 35.5. The number of rotatable bonds is 2. The molecule has 0 spiro atoms. The third-order valence-corrected chi connectivity index (χ3v) is 3.26. The number of halogens is 1. The SMILES string of the molecule is Clc1ccc2c(c1)OCCC2NC1CC1. The van der Waals surface area contributed by atoms with Gasteiger partial charge in [0.05, 0.1) is 6.61 Å². The number of ether oxygens (including phenoxy) is 1. The van der Waals surface area contributed by atoms with Crippen LogP contribution in [0.4, 0.5) is 0 Å². The zero-order valence-corrected chi connectivity index (χ0v) is 9.26. The summed E-state index contributed by atoms with van der Waals surface area (Å²) in [7, 11) is 0. The quantitative estimate of drug-likeness (QED) is 0.833. The molecule has 2 aliphatic rings. The summed E-state index contributed by atoms with van der Waals surface area (Å²) in [4.78, 5) is 0. The van der Waals surface area contributed by atoms with E-state index in [0.29, 0.717) is 6.04 Å². The molecule has 1 aliphatic carbocycles. The minimum atomic E-state index is 0.457. The molecule has 0 radical (unpaired) electrons. The molecular formula is C12H14ClNO. The molecule has 0 bridgehead atoms. The Morgan fingerprint density at radius 3 is 2.93 bits per heavy atom. The smallest absolute Gasteiger partial charge is 0.125 e. The van der Waals surface area contributed by atoms with E-state index in [4.69, 9.17) is 16.3 Å². The Kier molecular flexibility index (Phi) is 2.33. The van der Waals surface area contributed by atoms with Crippen LogP contribution in [0.1, 0.15) is 30.9 Å². The monoisotopic (exact) mass is 223 g/mol. The summed E-state index contributed by atoms with van der Waals surface area (Å²) < 4.78 is 5.61. The summed E-state index contributed by atoms with van der Waals surface area (Å²) in [6, 6.07) is 7.13. The number of benzene rings is 1. The summed E-state index contributed by atoms with van der Waals surface area (Å²) in [6.45, 7) is 0.789. The fraction of sp³-hybridized carbons (Fsp3) is 0.500. The van der Waals surface area contributed by atoms with Crippen molar-refractivity contribution in [3.05, 3.63) is 28.8 Å². The highest BCUT2D eigenvalue weighted by Crippen LogP contribution is 2.36. The molecule has 0 aromatic heterocycles. The van der Waals surface area contributed by atoms with Gasteiger partial charge in [-0.2, -0.15) is 0 Å². The number of hydrogen-bond acceptors (Lipinski definition) is 2. The van der Waals surface area contributed by atoms with Gasteiger partial charge in [0.25, 0.3) is 0 Å². The summed E-state index contributed by atoms with van der Waals surface area (Å²) in [6.07, 6.45) is 3.70. The van der Waals surface area contributed by atoms with Crippen molar-refractivity contribution in [3.8, 4) is 5.75 Å². The van der Waals surface area contributed by atoms with E-state index in [2.05, 4.69) is 11.4 Å². The van der Waals surface area contributed by atoms with Gasteiger partial charge in [0.15, 0.2) is 0 Å². The number of nitrogens with one attached hydrogen (secondary N) is 1. The van der Waals surface area contributed by atoms with Gasteiger partial charge in [0, 0.05) is 29.1 Å². The molecule has 0 saturated heterocycles. The summed E-state index contributed by atoms with van der Waals surface area (Å²) in [5.41, 5.74) is 1.26. The van der Waals surface area contributed by atoms with Crippen LogP contribution < -0.4 is 10.1 Å². The minimum Gasteiger partial charge on any atom is -0.493 e. The van der Waals surface area contributed by atoms with Gasteiger partial charge in [-0.3, -0.25) is 0 Å². The molecule has 1 atom stereocenters. The maximum Gasteiger partial charge on any atom is 0.125 e. The molecule has 0 amide bonds. The van der Waals surface area contributed by atoms with E-state index < -0.39 is 0 Å². The van der Waals surface area contributed by atoms with Gasteiger partial charge in [-0.05, 0) is 25.0 Å². The molecule has 1 aliphatic heterocycles. The highest BCUT2D eigenvalue weighted by molar-refractivity contribution is 6.30. The summed E-state index contributed by atoms with van der Waals surface area (Å²) in [5.74, 6) is 0.951. The van der Waals surface area contributed by atoms with Gasteiger partial charge in [0.2, 0.25) is 0 Å². The standard InChI is InChI=1S/C12H14ClNO/c13-8-1-4-10-11(14-9-2-3-9)5-6-15-12(10)7-8/h1,4,7,9,11,14H,2-3,5-6H2. The van der Waals surface area contributed by atoms with Crippen molar-refractivity contribution >= 4 is 11.6 Å². The lowest BCUT2D eigenvalue weighted by molar-refractivity contribution is 0.252. The third kappa shape index (κ3) is 1.97. The van der Waals surface area contributed by atoms with Gasteiger partial charge in [-0.15, -0.1) is 0 Å². The lowest BCUT2D eigenvalue weighted by Crippen LogP contribution is -2.28. The Balaban J connectivity index is 1.87. The van der Waals surface area contributed by atoms with Gasteiger partial charge >= 0.3 is 0 Å². The van der Waals surface area contributed by atoms with Crippen molar-refractivity contribution in [3.63, 3.8) is 0 Å². The zero-order valence-electron chi connectivity index (χ0n) is 8.50. The van der Waals surface area contributed by atoms with Crippen molar-refractivity contribution < 1.29 is 4.74 Å². The lowest BCUT2D eigenvalue weighted by atomic mass is 10.0. The van der Waals surface area contributed by atoms with E-state index in [0.717, 1.165) is 29.8 Å². The van der Waals surface area contributed by atoms with Gasteiger partial charge in [0.1, 0.15) is 5.75 Å². The van der Waals surface area contributed by atoms with Gasteiger partial charge in [-0.1, -0.05) is 17.7 Å². The molecule has 3 heteroatoms. The predicted molar refractivity (Wildman–Crippen MR) is 60.5 cm³/mol. The first kappa shape index (κ1) is 9.49. The Labute approximate surface area is 94.6 Å². The highest BCUT2D eigenvalue weighted by Gasteiger charge is 2.28. The summed E-state index contributed by atoms with van der Waals surface area (Å²) >= 11 is 5.94. The fourth-order valence-corrected chi connectivity index (χ4v) is 2.23. The molecule has 2 nitrogen and oxygen atoms in total. The second-order valence-corrected chi connectivity index (χ2v) is 4.75. The zero-order chi connectivity index (χ0) is 10.3. The van der Waals surface area contributed by atoms with E-state index in [-0.39, 0.29) is 0 Å². The third-order valence-electron chi connectivity index (χ3n) is 3.03. The van der Waals surface area contributed by atoms with Crippen LogP contribution in [0.15, 0.2) is 18.2 Å². The van der Waals surface area contributed by atoms with Crippen LogP contribution in [0.3, 0.4) is 0 Å². The maximum absolute atomic E-state index is 5.94. The Hall–Kier alpha value is -0.730. The molecule has 1 fully saturated rings. The largest absolute Gasteiger partial charge is 0.493 e. The van der Waals surface area contributed by atoms with Crippen molar-refractivity contribution in [2.45, 2.75) is 31.3 Å². The van der Waals surface area contributed by atoms with Crippen molar-refractivity contribution in [1.82, 2.24) is 5.32 Å². The van der Waals surface area contributed by atoms with Crippen LogP contribution >= 0.6 is 11.6 Å². The van der Waals surface area contributed by atoms with Crippen LogP contribution in [0.25, 0.3) is 0 Å². The molecule has 1 N–H and O–H groups in total. The van der Waals surface area contributed by atoms with E-state index in [1.54, 1.807) is 0 Å². The first-order valence-corrected chi connectivity index (χ1v) is 5.89. The normalized spacial score (nSPS) is 24.5. The van der Waals surface area contributed by atoms with E-state index >= 15 is 0 Å².